The quantitative estimate of drug-likeness (QED) is 0.238. The van der Waals surface area contributed by atoms with Crippen molar-refractivity contribution in [2.24, 2.45) is 7.05 Å². The lowest BCUT2D eigenvalue weighted by atomic mass is 9.74. The molecule has 0 N–H and O–H groups in total. The molecule has 6 rings (SSSR count). The molecule has 36 heavy (non-hydrogen) atoms. The monoisotopic (exact) mass is 474 g/mol. The van der Waals surface area contributed by atoms with Crippen molar-refractivity contribution >= 4 is 21.9 Å². The smallest absolute Gasteiger partial charge is 0.216 e. The first-order valence-corrected chi connectivity index (χ1v) is 13.4. The van der Waals surface area contributed by atoms with Gasteiger partial charge in [-0.3, -0.25) is 0 Å². The molecule has 182 valence electrons. The Labute approximate surface area is 214 Å². The SMILES string of the molecule is CCC1(CC)c2ccccc2-c2c1ccc1c2oc2c(-c3cc(C)c(C(C)C)c[n+]3C)c(C)ccc21. The molecule has 0 spiro atoms. The standard InChI is InChI=1S/C34H36NO/c1-8-34(9-2)27-13-11-10-12-25(27)31-28(34)17-16-24-23-15-14-21(5)30(32(23)36-33(24)31)29-18-22(6)26(20(3)4)19-35(29)7/h10-20H,8-9H2,1-7H3/q+1. The molecule has 2 heteroatoms. The summed E-state index contributed by atoms with van der Waals surface area (Å²) in [6.45, 7) is 13.6. The molecule has 0 atom stereocenters. The molecule has 5 aromatic rings. The van der Waals surface area contributed by atoms with Crippen LogP contribution >= 0.6 is 0 Å². The van der Waals surface area contributed by atoms with Crippen molar-refractivity contribution in [3.05, 3.63) is 88.6 Å². The van der Waals surface area contributed by atoms with Crippen LogP contribution in [0.2, 0.25) is 0 Å². The number of aryl methyl sites for hydroxylation is 3. The molecule has 0 radical (unpaired) electrons. The molecule has 2 nitrogen and oxygen atoms in total. The second-order valence-electron chi connectivity index (χ2n) is 11.0. The summed E-state index contributed by atoms with van der Waals surface area (Å²) >= 11 is 0. The second kappa shape index (κ2) is 8.06. The van der Waals surface area contributed by atoms with Gasteiger partial charge in [0.25, 0.3) is 0 Å². The Balaban J connectivity index is 1.70. The molecule has 0 fully saturated rings. The van der Waals surface area contributed by atoms with Crippen LogP contribution in [0, 0.1) is 13.8 Å². The molecule has 0 saturated heterocycles. The highest BCUT2D eigenvalue weighted by Crippen LogP contribution is 2.55. The molecule has 1 aliphatic carbocycles. The van der Waals surface area contributed by atoms with E-state index in [0.717, 1.165) is 24.0 Å². The molecule has 0 aliphatic heterocycles. The average Bonchev–Trinajstić information content (AvgIpc) is 3.38. The van der Waals surface area contributed by atoms with Crippen LogP contribution in [0.3, 0.4) is 0 Å². The average molecular weight is 475 g/mol. The number of hydrogen-bond acceptors (Lipinski definition) is 1. The largest absolute Gasteiger partial charge is 0.454 e. The molecule has 0 unspecified atom stereocenters. The first-order chi connectivity index (χ1) is 17.3. The maximum Gasteiger partial charge on any atom is 0.216 e. The van der Waals surface area contributed by atoms with E-state index in [2.05, 4.69) is 114 Å². The van der Waals surface area contributed by atoms with Crippen molar-refractivity contribution in [1.29, 1.82) is 0 Å². The summed E-state index contributed by atoms with van der Waals surface area (Å²) in [5, 5.41) is 2.41. The molecular weight excluding hydrogens is 438 g/mol. The fraction of sp³-hybridized carbons (Fsp3) is 0.324. The summed E-state index contributed by atoms with van der Waals surface area (Å²) in [4.78, 5) is 0. The van der Waals surface area contributed by atoms with Crippen molar-refractivity contribution < 1.29 is 8.98 Å². The maximum atomic E-state index is 6.96. The second-order valence-corrected chi connectivity index (χ2v) is 11.0. The van der Waals surface area contributed by atoms with Gasteiger partial charge in [-0.05, 0) is 60.4 Å². The van der Waals surface area contributed by atoms with Crippen LogP contribution in [0.25, 0.3) is 44.3 Å². The van der Waals surface area contributed by atoms with Gasteiger partial charge in [0.1, 0.15) is 18.2 Å². The fourth-order valence-corrected chi connectivity index (χ4v) is 6.89. The highest BCUT2D eigenvalue weighted by molar-refractivity contribution is 6.14. The van der Waals surface area contributed by atoms with Crippen LogP contribution in [-0.4, -0.2) is 0 Å². The van der Waals surface area contributed by atoms with E-state index < -0.39 is 0 Å². The van der Waals surface area contributed by atoms with E-state index >= 15 is 0 Å². The Kier molecular flexibility index (Phi) is 5.16. The third kappa shape index (κ3) is 2.94. The molecule has 0 amide bonds. The maximum absolute atomic E-state index is 6.96. The minimum Gasteiger partial charge on any atom is -0.454 e. The third-order valence-corrected chi connectivity index (χ3v) is 8.85. The zero-order chi connectivity index (χ0) is 25.4. The Morgan fingerprint density at radius 1 is 0.806 bits per heavy atom. The predicted octanol–water partition coefficient (Wildman–Crippen LogP) is 8.90. The van der Waals surface area contributed by atoms with Crippen LogP contribution in [0.1, 0.15) is 74.3 Å². The van der Waals surface area contributed by atoms with Crippen LogP contribution in [0.5, 0.6) is 0 Å². The zero-order valence-electron chi connectivity index (χ0n) is 22.6. The van der Waals surface area contributed by atoms with Gasteiger partial charge in [0.05, 0.1) is 5.56 Å². The van der Waals surface area contributed by atoms with E-state index in [9.17, 15) is 0 Å². The molecule has 2 heterocycles. The highest BCUT2D eigenvalue weighted by Gasteiger charge is 2.42. The zero-order valence-corrected chi connectivity index (χ0v) is 22.6. The lowest BCUT2D eigenvalue weighted by molar-refractivity contribution is -0.660. The van der Waals surface area contributed by atoms with Gasteiger partial charge in [0.2, 0.25) is 5.69 Å². The van der Waals surface area contributed by atoms with Crippen LogP contribution in [0.15, 0.2) is 65.2 Å². The number of aromatic nitrogens is 1. The predicted molar refractivity (Wildman–Crippen MR) is 151 cm³/mol. The van der Waals surface area contributed by atoms with E-state index in [1.165, 1.54) is 61.0 Å². The molecule has 2 aromatic heterocycles. The summed E-state index contributed by atoms with van der Waals surface area (Å²) in [6, 6.07) is 20.5. The first kappa shape index (κ1) is 23.0. The molecular formula is C34H36NO+. The van der Waals surface area contributed by atoms with Gasteiger partial charge in [-0.25, -0.2) is 4.57 Å². The Morgan fingerprint density at radius 3 is 2.17 bits per heavy atom. The normalized spacial score (nSPS) is 14.1. The summed E-state index contributed by atoms with van der Waals surface area (Å²) in [5.74, 6) is 0.494. The molecule has 0 bridgehead atoms. The summed E-state index contributed by atoms with van der Waals surface area (Å²) in [5.41, 5.74) is 13.9. The van der Waals surface area contributed by atoms with E-state index in [1.54, 1.807) is 0 Å². The summed E-state index contributed by atoms with van der Waals surface area (Å²) < 4.78 is 9.23. The van der Waals surface area contributed by atoms with E-state index in [0.29, 0.717) is 5.92 Å². The van der Waals surface area contributed by atoms with Crippen LogP contribution in [0.4, 0.5) is 0 Å². The lowest BCUT2D eigenvalue weighted by Gasteiger charge is -2.29. The van der Waals surface area contributed by atoms with E-state index in [1.807, 2.05) is 0 Å². The van der Waals surface area contributed by atoms with Crippen molar-refractivity contribution in [2.45, 2.75) is 65.7 Å². The van der Waals surface area contributed by atoms with Gasteiger partial charge in [-0.15, -0.1) is 0 Å². The van der Waals surface area contributed by atoms with Crippen molar-refractivity contribution in [3.8, 4) is 22.4 Å². The van der Waals surface area contributed by atoms with Crippen LogP contribution < -0.4 is 4.57 Å². The molecule has 0 saturated carbocycles. The Morgan fingerprint density at radius 2 is 1.47 bits per heavy atom. The van der Waals surface area contributed by atoms with Gasteiger partial charge in [0.15, 0.2) is 6.20 Å². The van der Waals surface area contributed by atoms with Crippen molar-refractivity contribution in [3.63, 3.8) is 0 Å². The van der Waals surface area contributed by atoms with Crippen molar-refractivity contribution in [1.82, 2.24) is 0 Å². The first-order valence-electron chi connectivity index (χ1n) is 13.4. The summed E-state index contributed by atoms with van der Waals surface area (Å²) in [6.07, 6.45) is 4.46. The number of benzene rings is 3. The number of fused-ring (bicyclic) bond motifs is 7. The fourth-order valence-electron chi connectivity index (χ4n) is 6.89. The lowest BCUT2D eigenvalue weighted by Crippen LogP contribution is -2.32. The van der Waals surface area contributed by atoms with Crippen molar-refractivity contribution in [2.75, 3.05) is 0 Å². The van der Waals surface area contributed by atoms with E-state index in [4.69, 9.17) is 4.42 Å². The Bertz CT molecular complexity index is 1660. The van der Waals surface area contributed by atoms with Gasteiger partial charge >= 0.3 is 0 Å². The molecule has 1 aliphatic rings. The van der Waals surface area contributed by atoms with Gasteiger partial charge < -0.3 is 4.42 Å². The molecule has 3 aromatic carbocycles. The summed E-state index contributed by atoms with van der Waals surface area (Å²) in [7, 11) is 2.16. The van der Waals surface area contributed by atoms with Gasteiger partial charge in [-0.1, -0.05) is 76.2 Å². The number of nitrogens with zero attached hydrogens (tertiary/aromatic N) is 1. The minimum absolute atomic E-state index is 0.0497. The minimum atomic E-state index is 0.0497. The number of furan rings is 1. The third-order valence-electron chi connectivity index (χ3n) is 8.85. The van der Waals surface area contributed by atoms with Crippen LogP contribution in [-0.2, 0) is 12.5 Å². The topological polar surface area (TPSA) is 17.0 Å². The van der Waals surface area contributed by atoms with Gasteiger partial charge in [-0.2, -0.15) is 0 Å². The highest BCUT2D eigenvalue weighted by atomic mass is 16.3. The number of rotatable bonds is 4. The van der Waals surface area contributed by atoms with Gasteiger partial charge in [0, 0.05) is 33.4 Å². The number of pyridine rings is 1. The van der Waals surface area contributed by atoms with E-state index in [-0.39, 0.29) is 5.41 Å². The number of hydrogen-bond donors (Lipinski definition) is 0. The Hall–Kier alpha value is -3.39.